The van der Waals surface area contributed by atoms with Crippen molar-refractivity contribution in [2.24, 2.45) is 0 Å². The van der Waals surface area contributed by atoms with Crippen LogP contribution in [0.4, 0.5) is 32.0 Å². The lowest BCUT2D eigenvalue weighted by atomic mass is 9.96. The molecule has 0 aromatic heterocycles. The number of anilines is 1. The van der Waals surface area contributed by atoms with Crippen LogP contribution in [0, 0.1) is 0 Å². The topological polar surface area (TPSA) is 58.6 Å². The summed E-state index contributed by atoms with van der Waals surface area (Å²) in [5.74, 6) is -2.58. The average Bonchev–Trinajstić information content (AvgIpc) is 2.79. The molecular formula is C24H19F6NO3S. The number of carbonyl (C=O) groups excluding carboxylic acids is 1. The number of ether oxygens (including phenoxy) is 1. The van der Waals surface area contributed by atoms with Crippen molar-refractivity contribution < 1.29 is 41.0 Å². The molecule has 0 saturated carbocycles. The van der Waals surface area contributed by atoms with Gasteiger partial charge in [0.05, 0.1) is 18.1 Å². The van der Waals surface area contributed by atoms with E-state index in [1.54, 1.807) is 24.3 Å². The van der Waals surface area contributed by atoms with Crippen molar-refractivity contribution in [1.82, 2.24) is 0 Å². The summed E-state index contributed by atoms with van der Waals surface area (Å²) in [6.07, 6.45) is -8.19. The minimum absolute atomic E-state index is 0.237. The van der Waals surface area contributed by atoms with Gasteiger partial charge >= 0.3 is 12.5 Å². The van der Waals surface area contributed by atoms with Crippen LogP contribution in [0.25, 0.3) is 11.1 Å². The summed E-state index contributed by atoms with van der Waals surface area (Å²) >= 11 is 1.47. The second kappa shape index (κ2) is 10.6. The smallest absolute Gasteiger partial charge is 0.405 e. The SMILES string of the molecule is CSc1ccc(C(CO)C(=O)Nc2ccc(-c3ccccc3OC(F)(F)F)c(C(F)(F)F)c2)cc1. The number of alkyl halides is 6. The van der Waals surface area contributed by atoms with Crippen LogP contribution in [0.15, 0.2) is 71.6 Å². The number of carbonyl (C=O) groups is 1. The Bertz CT molecular complexity index is 1180. The largest absolute Gasteiger partial charge is 0.573 e. The molecule has 0 aliphatic rings. The molecule has 0 aliphatic heterocycles. The van der Waals surface area contributed by atoms with Crippen LogP contribution in [-0.4, -0.2) is 30.2 Å². The van der Waals surface area contributed by atoms with Gasteiger partial charge in [0.25, 0.3) is 0 Å². The van der Waals surface area contributed by atoms with Crippen LogP contribution >= 0.6 is 11.8 Å². The van der Waals surface area contributed by atoms with Crippen LogP contribution < -0.4 is 10.1 Å². The fourth-order valence-electron chi connectivity index (χ4n) is 3.40. The maximum atomic E-state index is 13.9. The number of hydrogen-bond donors (Lipinski definition) is 2. The number of para-hydroxylation sites is 1. The molecule has 3 aromatic carbocycles. The molecule has 0 bridgehead atoms. The summed E-state index contributed by atoms with van der Waals surface area (Å²) in [6.45, 7) is -0.586. The molecule has 0 fully saturated rings. The lowest BCUT2D eigenvalue weighted by Gasteiger charge is -2.19. The first-order chi connectivity index (χ1) is 16.4. The number of rotatable bonds is 7. The van der Waals surface area contributed by atoms with Crippen molar-refractivity contribution in [3.8, 4) is 16.9 Å². The molecule has 0 heterocycles. The summed E-state index contributed by atoms with van der Waals surface area (Å²) in [5.41, 5.74) is -2.01. The molecule has 0 aliphatic carbocycles. The van der Waals surface area contributed by atoms with Crippen molar-refractivity contribution in [1.29, 1.82) is 0 Å². The molecule has 3 aromatic rings. The molecule has 1 unspecified atom stereocenters. The van der Waals surface area contributed by atoms with Crippen LogP contribution in [0.2, 0.25) is 0 Å². The number of thioether (sulfide) groups is 1. The third kappa shape index (κ3) is 6.70. The van der Waals surface area contributed by atoms with Crippen molar-refractivity contribution in [2.45, 2.75) is 23.4 Å². The standard InChI is InChI=1S/C24H19F6NO3S/c1-35-16-9-6-14(7-10-16)19(13-32)22(33)31-15-8-11-17(20(12-15)23(25,26)27)18-4-2-3-5-21(18)34-24(28,29)30/h2-12,19,32H,13H2,1H3,(H,31,33). The van der Waals surface area contributed by atoms with Gasteiger partial charge in [0.1, 0.15) is 5.75 Å². The van der Waals surface area contributed by atoms with E-state index in [9.17, 15) is 36.2 Å². The second-order valence-electron chi connectivity index (χ2n) is 7.30. The van der Waals surface area contributed by atoms with Gasteiger partial charge in [-0.1, -0.05) is 36.4 Å². The monoisotopic (exact) mass is 515 g/mol. The average molecular weight is 515 g/mol. The minimum atomic E-state index is -5.10. The number of benzene rings is 3. The molecule has 0 radical (unpaired) electrons. The highest BCUT2D eigenvalue weighted by atomic mass is 32.2. The van der Waals surface area contributed by atoms with Crippen molar-refractivity contribution in [3.05, 3.63) is 77.9 Å². The van der Waals surface area contributed by atoms with E-state index in [1.807, 2.05) is 6.26 Å². The Morgan fingerprint density at radius 3 is 2.20 bits per heavy atom. The van der Waals surface area contributed by atoms with Gasteiger partial charge in [0.2, 0.25) is 5.91 Å². The van der Waals surface area contributed by atoms with Gasteiger partial charge in [-0.25, -0.2) is 0 Å². The van der Waals surface area contributed by atoms with E-state index >= 15 is 0 Å². The number of aliphatic hydroxyl groups is 1. The van der Waals surface area contributed by atoms with E-state index < -0.39 is 53.4 Å². The van der Waals surface area contributed by atoms with Gasteiger partial charge in [0.15, 0.2) is 0 Å². The highest BCUT2D eigenvalue weighted by molar-refractivity contribution is 7.98. The Kier molecular flexibility index (Phi) is 8.01. The van der Waals surface area contributed by atoms with Gasteiger partial charge in [-0.3, -0.25) is 4.79 Å². The maximum absolute atomic E-state index is 13.9. The first-order valence-electron chi connectivity index (χ1n) is 10.0. The molecule has 2 N–H and O–H groups in total. The zero-order valence-electron chi connectivity index (χ0n) is 18.1. The van der Waals surface area contributed by atoms with Crippen molar-refractivity contribution >= 4 is 23.4 Å². The van der Waals surface area contributed by atoms with Crippen LogP contribution in [0.3, 0.4) is 0 Å². The number of hydrogen-bond acceptors (Lipinski definition) is 4. The normalized spacial score (nSPS) is 12.8. The molecule has 35 heavy (non-hydrogen) atoms. The Morgan fingerprint density at radius 1 is 0.971 bits per heavy atom. The minimum Gasteiger partial charge on any atom is -0.405 e. The van der Waals surface area contributed by atoms with Gasteiger partial charge in [0, 0.05) is 16.1 Å². The van der Waals surface area contributed by atoms with Gasteiger partial charge in [-0.2, -0.15) is 13.2 Å². The number of aliphatic hydroxyl groups excluding tert-OH is 1. The third-order valence-electron chi connectivity index (χ3n) is 5.01. The highest BCUT2D eigenvalue weighted by Gasteiger charge is 2.37. The zero-order valence-corrected chi connectivity index (χ0v) is 18.9. The molecule has 0 saturated heterocycles. The van der Waals surface area contributed by atoms with Gasteiger partial charge in [-0.15, -0.1) is 24.9 Å². The van der Waals surface area contributed by atoms with Crippen LogP contribution in [0.5, 0.6) is 5.75 Å². The molecule has 1 atom stereocenters. The number of nitrogens with one attached hydrogen (secondary N) is 1. The predicted molar refractivity (Wildman–Crippen MR) is 120 cm³/mol. The van der Waals surface area contributed by atoms with Crippen LogP contribution in [-0.2, 0) is 11.0 Å². The summed E-state index contributed by atoms with van der Waals surface area (Å²) in [5, 5.41) is 12.1. The zero-order chi connectivity index (χ0) is 25.8. The summed E-state index contributed by atoms with van der Waals surface area (Å²) in [6, 6.07) is 13.9. The molecule has 186 valence electrons. The quantitative estimate of drug-likeness (QED) is 0.271. The fraction of sp³-hybridized carbons (Fsp3) is 0.208. The molecule has 0 spiro atoms. The summed E-state index contributed by atoms with van der Waals surface area (Å²) < 4.78 is 83.8. The number of halogens is 6. The van der Waals surface area contributed by atoms with Crippen molar-refractivity contribution in [3.63, 3.8) is 0 Å². The van der Waals surface area contributed by atoms with E-state index in [2.05, 4.69) is 10.1 Å². The molecule has 4 nitrogen and oxygen atoms in total. The lowest BCUT2D eigenvalue weighted by molar-refractivity contribution is -0.274. The first-order valence-corrected chi connectivity index (χ1v) is 11.3. The highest BCUT2D eigenvalue weighted by Crippen LogP contribution is 2.42. The predicted octanol–water partition coefficient (Wildman–Crippen LogP) is 6.71. The Labute approximate surface area is 200 Å². The van der Waals surface area contributed by atoms with E-state index in [1.165, 1.54) is 23.9 Å². The molecule has 1 amide bonds. The molecule has 11 heteroatoms. The second-order valence-corrected chi connectivity index (χ2v) is 8.18. The van der Waals surface area contributed by atoms with E-state index in [4.69, 9.17) is 0 Å². The Balaban J connectivity index is 1.96. The van der Waals surface area contributed by atoms with E-state index in [0.717, 1.165) is 29.2 Å². The maximum Gasteiger partial charge on any atom is 0.573 e. The lowest BCUT2D eigenvalue weighted by Crippen LogP contribution is -2.24. The number of amides is 1. The summed E-state index contributed by atoms with van der Waals surface area (Å²) in [4.78, 5) is 13.6. The Morgan fingerprint density at radius 2 is 1.63 bits per heavy atom. The van der Waals surface area contributed by atoms with Crippen molar-refractivity contribution in [2.75, 3.05) is 18.2 Å². The van der Waals surface area contributed by atoms with Crippen LogP contribution in [0.1, 0.15) is 17.0 Å². The third-order valence-corrected chi connectivity index (χ3v) is 5.76. The van der Waals surface area contributed by atoms with E-state index in [-0.39, 0.29) is 5.69 Å². The Hall–Kier alpha value is -3.18. The fourth-order valence-corrected chi connectivity index (χ4v) is 3.81. The van der Waals surface area contributed by atoms with E-state index in [0.29, 0.717) is 11.6 Å². The first kappa shape index (κ1) is 26.4. The van der Waals surface area contributed by atoms with Gasteiger partial charge < -0.3 is 15.2 Å². The van der Waals surface area contributed by atoms with Gasteiger partial charge in [-0.05, 0) is 47.7 Å². The summed E-state index contributed by atoms with van der Waals surface area (Å²) in [7, 11) is 0. The molecule has 3 rings (SSSR count). The molecular weight excluding hydrogens is 496 g/mol.